The summed E-state index contributed by atoms with van der Waals surface area (Å²) in [5, 5.41) is 10.7. The van der Waals surface area contributed by atoms with Crippen LogP contribution in [0.15, 0.2) is 17.4 Å². The van der Waals surface area contributed by atoms with Gasteiger partial charge in [-0.05, 0) is 25.3 Å². The average molecular weight is 379 g/mol. The molecule has 0 atom stereocenters. The van der Waals surface area contributed by atoms with Crippen LogP contribution in [0.5, 0.6) is 0 Å². The Labute approximate surface area is 133 Å². The van der Waals surface area contributed by atoms with Crippen molar-refractivity contribution in [3.05, 3.63) is 18.0 Å². The third-order valence-electron chi connectivity index (χ3n) is 2.59. The highest BCUT2D eigenvalue weighted by atomic mass is 127. The van der Waals surface area contributed by atoms with Gasteiger partial charge >= 0.3 is 0 Å². The molecule has 0 unspecified atom stereocenters. The van der Waals surface area contributed by atoms with Crippen LogP contribution in [0, 0.1) is 0 Å². The first-order valence-electron chi connectivity index (χ1n) is 6.76. The lowest BCUT2D eigenvalue weighted by atomic mass is 10.2. The van der Waals surface area contributed by atoms with Gasteiger partial charge in [-0.2, -0.15) is 5.10 Å². The van der Waals surface area contributed by atoms with Crippen molar-refractivity contribution >= 4 is 29.9 Å². The van der Waals surface area contributed by atoms with E-state index in [4.69, 9.17) is 0 Å². The van der Waals surface area contributed by atoms with Crippen LogP contribution >= 0.6 is 24.0 Å². The quantitative estimate of drug-likeness (QED) is 0.330. The summed E-state index contributed by atoms with van der Waals surface area (Å²) in [4.78, 5) is 4.51. The van der Waals surface area contributed by atoms with Crippen LogP contribution in [0.1, 0.15) is 32.3 Å². The fraction of sp³-hybridized carbons (Fsp3) is 0.692. The van der Waals surface area contributed by atoms with Crippen molar-refractivity contribution in [1.82, 2.24) is 20.4 Å². The molecule has 1 aromatic rings. The van der Waals surface area contributed by atoms with Crippen molar-refractivity contribution in [2.75, 3.05) is 19.6 Å². The van der Waals surface area contributed by atoms with Crippen LogP contribution in [0.3, 0.4) is 0 Å². The van der Waals surface area contributed by atoms with Gasteiger partial charge in [0, 0.05) is 32.9 Å². The molecule has 0 aliphatic rings. The third kappa shape index (κ3) is 8.07. The lowest BCUT2D eigenvalue weighted by Gasteiger charge is -2.10. The monoisotopic (exact) mass is 379 g/mol. The molecule has 1 aromatic heterocycles. The number of guanidine groups is 1. The van der Waals surface area contributed by atoms with E-state index in [1.807, 2.05) is 24.1 Å². The molecule has 6 heteroatoms. The van der Waals surface area contributed by atoms with Gasteiger partial charge in [0.2, 0.25) is 0 Å². The van der Waals surface area contributed by atoms with Crippen LogP contribution in [-0.4, -0.2) is 35.4 Å². The van der Waals surface area contributed by atoms with Crippen LogP contribution in [0.25, 0.3) is 0 Å². The van der Waals surface area contributed by atoms with E-state index in [1.165, 1.54) is 12.0 Å². The second-order valence-electron chi connectivity index (χ2n) is 4.31. The number of nitrogens with zero attached hydrogens (tertiary/aromatic N) is 3. The van der Waals surface area contributed by atoms with Crippen molar-refractivity contribution in [3.8, 4) is 0 Å². The Morgan fingerprint density at radius 2 is 2.16 bits per heavy atom. The lowest BCUT2D eigenvalue weighted by Crippen LogP contribution is -2.38. The number of aromatic nitrogens is 2. The molecule has 0 aliphatic heterocycles. The van der Waals surface area contributed by atoms with Crippen molar-refractivity contribution in [2.45, 2.75) is 33.1 Å². The topological polar surface area (TPSA) is 54.2 Å². The molecule has 0 aromatic carbocycles. The fourth-order valence-electron chi connectivity index (χ4n) is 1.62. The van der Waals surface area contributed by atoms with Gasteiger partial charge in [0.1, 0.15) is 0 Å². The Bertz CT molecular complexity index is 362. The zero-order chi connectivity index (χ0) is 13.2. The summed E-state index contributed by atoms with van der Waals surface area (Å²) in [5.41, 5.74) is 1.24. The molecule has 1 rings (SSSR count). The summed E-state index contributed by atoms with van der Waals surface area (Å²) in [5.74, 6) is 0.912. The molecule has 0 amide bonds. The number of hydrogen-bond donors (Lipinski definition) is 2. The SMILES string of the molecule is CCCCN=C(NCC)NCCc1cnn(C)c1.I. The van der Waals surface area contributed by atoms with Gasteiger partial charge in [-0.1, -0.05) is 13.3 Å². The normalized spacial score (nSPS) is 11.0. The van der Waals surface area contributed by atoms with Gasteiger partial charge < -0.3 is 10.6 Å². The molecular weight excluding hydrogens is 353 g/mol. The highest BCUT2D eigenvalue weighted by molar-refractivity contribution is 14.0. The standard InChI is InChI=1S/C13H25N5.HI/c1-4-6-8-15-13(14-5-2)16-9-7-12-10-17-18(3)11-12;/h10-11H,4-9H2,1-3H3,(H2,14,15,16);1H. The van der Waals surface area contributed by atoms with Crippen molar-refractivity contribution < 1.29 is 0 Å². The zero-order valence-electron chi connectivity index (χ0n) is 12.1. The van der Waals surface area contributed by atoms with E-state index in [1.54, 1.807) is 0 Å². The number of rotatable bonds is 7. The average Bonchev–Trinajstić information content (AvgIpc) is 2.75. The predicted molar refractivity (Wildman–Crippen MR) is 91.2 cm³/mol. The largest absolute Gasteiger partial charge is 0.357 e. The Morgan fingerprint density at radius 1 is 1.37 bits per heavy atom. The van der Waals surface area contributed by atoms with Gasteiger partial charge in [-0.25, -0.2) is 0 Å². The van der Waals surface area contributed by atoms with Crippen LogP contribution in [-0.2, 0) is 13.5 Å². The molecule has 0 spiro atoms. The molecule has 0 aliphatic carbocycles. The van der Waals surface area contributed by atoms with Gasteiger partial charge in [0.05, 0.1) is 6.20 Å². The Morgan fingerprint density at radius 3 is 2.74 bits per heavy atom. The van der Waals surface area contributed by atoms with Crippen molar-refractivity contribution in [1.29, 1.82) is 0 Å². The molecule has 19 heavy (non-hydrogen) atoms. The van der Waals surface area contributed by atoms with Crippen LogP contribution < -0.4 is 10.6 Å². The van der Waals surface area contributed by atoms with E-state index in [9.17, 15) is 0 Å². The van der Waals surface area contributed by atoms with Gasteiger partial charge in [0.15, 0.2) is 5.96 Å². The van der Waals surface area contributed by atoms with Crippen molar-refractivity contribution in [3.63, 3.8) is 0 Å². The van der Waals surface area contributed by atoms with Crippen LogP contribution in [0.2, 0.25) is 0 Å². The molecule has 0 fully saturated rings. The maximum atomic E-state index is 4.51. The van der Waals surface area contributed by atoms with E-state index in [2.05, 4.69) is 34.6 Å². The van der Waals surface area contributed by atoms with E-state index < -0.39 is 0 Å². The molecule has 110 valence electrons. The minimum atomic E-state index is 0. The second-order valence-corrected chi connectivity index (χ2v) is 4.31. The predicted octanol–water partition coefficient (Wildman–Crippen LogP) is 1.94. The summed E-state index contributed by atoms with van der Waals surface area (Å²) < 4.78 is 1.83. The van der Waals surface area contributed by atoms with Gasteiger partial charge in [-0.15, -0.1) is 24.0 Å². The number of halogens is 1. The lowest BCUT2D eigenvalue weighted by molar-refractivity contribution is 0.761. The molecule has 0 saturated heterocycles. The molecule has 0 bridgehead atoms. The summed E-state index contributed by atoms with van der Waals surface area (Å²) in [6.07, 6.45) is 7.23. The highest BCUT2D eigenvalue weighted by Gasteiger charge is 1.98. The Hall–Kier alpha value is -0.790. The highest BCUT2D eigenvalue weighted by Crippen LogP contribution is 1.96. The third-order valence-corrected chi connectivity index (χ3v) is 2.59. The second kappa shape index (κ2) is 11.1. The summed E-state index contributed by atoms with van der Waals surface area (Å²) >= 11 is 0. The number of aliphatic imine (C=N–C) groups is 1. The first-order chi connectivity index (χ1) is 8.76. The maximum absolute atomic E-state index is 4.51. The van der Waals surface area contributed by atoms with E-state index in [-0.39, 0.29) is 24.0 Å². The number of unbranched alkanes of at least 4 members (excludes halogenated alkanes) is 1. The Balaban J connectivity index is 0.00000324. The van der Waals surface area contributed by atoms with Crippen molar-refractivity contribution in [2.24, 2.45) is 12.0 Å². The summed E-state index contributed by atoms with van der Waals surface area (Å²) in [6, 6.07) is 0. The smallest absolute Gasteiger partial charge is 0.191 e. The van der Waals surface area contributed by atoms with Gasteiger partial charge in [0.25, 0.3) is 0 Å². The van der Waals surface area contributed by atoms with Crippen LogP contribution in [0.4, 0.5) is 0 Å². The molecule has 0 radical (unpaired) electrons. The Kier molecular flexibility index (Phi) is 10.6. The molecule has 5 nitrogen and oxygen atoms in total. The summed E-state index contributed by atoms with van der Waals surface area (Å²) in [6.45, 7) is 6.92. The zero-order valence-corrected chi connectivity index (χ0v) is 14.5. The first-order valence-corrected chi connectivity index (χ1v) is 6.76. The van der Waals surface area contributed by atoms with E-state index in [0.29, 0.717) is 0 Å². The number of aryl methyl sites for hydroxylation is 1. The molecular formula is C13H26IN5. The number of nitrogens with one attached hydrogen (secondary N) is 2. The molecule has 1 heterocycles. The van der Waals surface area contributed by atoms with Gasteiger partial charge in [-0.3, -0.25) is 9.67 Å². The maximum Gasteiger partial charge on any atom is 0.191 e. The number of hydrogen-bond acceptors (Lipinski definition) is 2. The molecule has 2 N–H and O–H groups in total. The van der Waals surface area contributed by atoms with E-state index in [0.717, 1.165) is 38.4 Å². The summed E-state index contributed by atoms with van der Waals surface area (Å²) in [7, 11) is 1.94. The van der Waals surface area contributed by atoms with E-state index >= 15 is 0 Å². The molecule has 0 saturated carbocycles. The fourth-order valence-corrected chi connectivity index (χ4v) is 1.62. The first kappa shape index (κ1) is 18.2. The minimum absolute atomic E-state index is 0. The minimum Gasteiger partial charge on any atom is -0.357 e.